The Balaban J connectivity index is 1.83. The average Bonchev–Trinajstić information content (AvgIpc) is 2.97. The molecular weight excluding hydrogens is 360 g/mol. The molecule has 0 aliphatic carbocycles. The van der Waals surface area contributed by atoms with Gasteiger partial charge in [-0.25, -0.2) is 0 Å². The number of ether oxygens (including phenoxy) is 1. The third kappa shape index (κ3) is 5.78. The molecule has 0 fully saturated rings. The van der Waals surface area contributed by atoms with Crippen LogP contribution in [0.1, 0.15) is 12.0 Å². The molecule has 0 saturated heterocycles. The molecule has 1 unspecified atom stereocenters. The van der Waals surface area contributed by atoms with Crippen LogP contribution >= 0.6 is 15.9 Å². The maximum Gasteiger partial charge on any atom is 0.227 e. The number of nitrogens with one attached hydrogen (secondary N) is 1. The lowest BCUT2D eigenvalue weighted by Crippen LogP contribution is -2.28. The van der Waals surface area contributed by atoms with Crippen LogP contribution in [0, 0.1) is 0 Å². The zero-order chi connectivity index (χ0) is 16.7. The van der Waals surface area contributed by atoms with E-state index in [0.29, 0.717) is 6.54 Å². The third-order valence-corrected chi connectivity index (χ3v) is 3.89. The van der Waals surface area contributed by atoms with Gasteiger partial charge in [0.05, 0.1) is 23.2 Å². The Morgan fingerprint density at radius 3 is 2.74 bits per heavy atom. The van der Waals surface area contributed by atoms with Crippen molar-refractivity contribution in [2.45, 2.75) is 25.5 Å². The maximum absolute atomic E-state index is 11.9. The summed E-state index contributed by atoms with van der Waals surface area (Å²) in [6.07, 6.45) is 4.60. The molecule has 0 radical (unpaired) electrons. The van der Waals surface area contributed by atoms with E-state index in [1.807, 2.05) is 35.1 Å². The minimum absolute atomic E-state index is 0.101. The van der Waals surface area contributed by atoms with Crippen LogP contribution in [-0.4, -0.2) is 35.4 Å². The smallest absolute Gasteiger partial charge is 0.227 e. The van der Waals surface area contributed by atoms with E-state index in [-0.39, 0.29) is 18.4 Å². The van der Waals surface area contributed by atoms with Gasteiger partial charge in [0.2, 0.25) is 5.91 Å². The van der Waals surface area contributed by atoms with Crippen LogP contribution in [0.25, 0.3) is 0 Å². The van der Waals surface area contributed by atoms with E-state index in [1.54, 1.807) is 13.3 Å². The van der Waals surface area contributed by atoms with Gasteiger partial charge < -0.3 is 15.8 Å². The number of nitrogens with two attached hydrogens (primary N) is 1. The van der Waals surface area contributed by atoms with Gasteiger partial charge in [-0.05, 0) is 40.0 Å². The first-order chi connectivity index (χ1) is 11.1. The Labute approximate surface area is 144 Å². The number of amides is 1. The van der Waals surface area contributed by atoms with Crippen molar-refractivity contribution in [2.75, 3.05) is 19.0 Å². The fourth-order valence-electron chi connectivity index (χ4n) is 2.14. The van der Waals surface area contributed by atoms with Crippen molar-refractivity contribution in [3.63, 3.8) is 0 Å². The van der Waals surface area contributed by atoms with Crippen LogP contribution in [-0.2, 0) is 22.5 Å². The summed E-state index contributed by atoms with van der Waals surface area (Å²) in [5, 5.41) is 7.07. The standard InChI is InChI=1S/C16H21BrN4O2/c1-23-15(9-18)8-16(22)20-14-4-2-12(3-5-14)6-7-21-11-13(17)10-19-21/h2-5,10-11,15H,6-9,18H2,1H3,(H,20,22). The zero-order valence-electron chi connectivity index (χ0n) is 13.0. The predicted molar refractivity (Wildman–Crippen MR) is 93.2 cm³/mol. The van der Waals surface area contributed by atoms with Crippen molar-refractivity contribution in [3.05, 3.63) is 46.7 Å². The molecule has 7 heteroatoms. The summed E-state index contributed by atoms with van der Waals surface area (Å²) in [7, 11) is 1.55. The van der Waals surface area contributed by atoms with Gasteiger partial charge in [-0.1, -0.05) is 12.1 Å². The minimum Gasteiger partial charge on any atom is -0.380 e. The van der Waals surface area contributed by atoms with E-state index in [1.165, 1.54) is 5.56 Å². The quantitative estimate of drug-likeness (QED) is 0.735. The molecule has 6 nitrogen and oxygen atoms in total. The van der Waals surface area contributed by atoms with Gasteiger partial charge >= 0.3 is 0 Å². The molecule has 3 N–H and O–H groups in total. The van der Waals surface area contributed by atoms with E-state index in [4.69, 9.17) is 10.5 Å². The predicted octanol–water partition coefficient (Wildman–Crippen LogP) is 2.19. The number of halogens is 1. The van der Waals surface area contributed by atoms with E-state index >= 15 is 0 Å². The molecule has 23 heavy (non-hydrogen) atoms. The van der Waals surface area contributed by atoms with Crippen LogP contribution in [0.4, 0.5) is 5.69 Å². The highest BCUT2D eigenvalue weighted by atomic mass is 79.9. The second-order valence-corrected chi connectivity index (χ2v) is 6.13. The summed E-state index contributed by atoms with van der Waals surface area (Å²) in [6, 6.07) is 7.81. The topological polar surface area (TPSA) is 82.2 Å². The van der Waals surface area contributed by atoms with Crippen molar-refractivity contribution in [1.82, 2.24) is 9.78 Å². The number of hydrogen-bond acceptors (Lipinski definition) is 4. The summed E-state index contributed by atoms with van der Waals surface area (Å²) in [6.45, 7) is 1.13. The van der Waals surface area contributed by atoms with Crippen molar-refractivity contribution in [2.24, 2.45) is 5.73 Å². The fourth-order valence-corrected chi connectivity index (χ4v) is 2.47. The molecule has 1 heterocycles. The molecule has 0 bridgehead atoms. The highest BCUT2D eigenvalue weighted by Gasteiger charge is 2.11. The molecule has 0 aliphatic rings. The van der Waals surface area contributed by atoms with Crippen molar-refractivity contribution in [1.29, 1.82) is 0 Å². The average molecular weight is 381 g/mol. The molecular formula is C16H21BrN4O2. The second-order valence-electron chi connectivity index (χ2n) is 5.21. The number of anilines is 1. The van der Waals surface area contributed by atoms with Gasteiger partial charge in [-0.15, -0.1) is 0 Å². The lowest BCUT2D eigenvalue weighted by molar-refractivity contribution is -0.118. The lowest BCUT2D eigenvalue weighted by atomic mass is 10.1. The van der Waals surface area contributed by atoms with Gasteiger partial charge in [0, 0.05) is 32.1 Å². The molecule has 1 amide bonds. The molecule has 0 spiro atoms. The maximum atomic E-state index is 11.9. The summed E-state index contributed by atoms with van der Waals surface area (Å²) in [5.41, 5.74) is 7.47. The number of benzene rings is 1. The number of carbonyl (C=O) groups is 1. The van der Waals surface area contributed by atoms with Gasteiger partial charge in [0.1, 0.15) is 0 Å². The summed E-state index contributed by atoms with van der Waals surface area (Å²) < 4.78 is 7.97. The van der Waals surface area contributed by atoms with Crippen molar-refractivity contribution in [3.8, 4) is 0 Å². The molecule has 0 saturated carbocycles. The van der Waals surface area contributed by atoms with Crippen LogP contribution < -0.4 is 11.1 Å². The SMILES string of the molecule is COC(CN)CC(=O)Nc1ccc(CCn2cc(Br)cn2)cc1. The van der Waals surface area contributed by atoms with Gasteiger partial charge in [0.15, 0.2) is 0 Å². The van der Waals surface area contributed by atoms with Gasteiger partial charge in [0.25, 0.3) is 0 Å². The largest absolute Gasteiger partial charge is 0.380 e. The molecule has 2 aromatic rings. The normalized spacial score (nSPS) is 12.1. The molecule has 1 atom stereocenters. The van der Waals surface area contributed by atoms with Crippen molar-refractivity contribution < 1.29 is 9.53 Å². The van der Waals surface area contributed by atoms with Crippen LogP contribution in [0.2, 0.25) is 0 Å². The fraction of sp³-hybridized carbons (Fsp3) is 0.375. The molecule has 1 aromatic carbocycles. The van der Waals surface area contributed by atoms with Crippen LogP contribution in [0.15, 0.2) is 41.1 Å². The Morgan fingerprint density at radius 2 is 2.17 bits per heavy atom. The first kappa shape index (κ1) is 17.7. The molecule has 0 aliphatic heterocycles. The Morgan fingerprint density at radius 1 is 1.43 bits per heavy atom. The van der Waals surface area contributed by atoms with Gasteiger partial charge in [-0.2, -0.15) is 5.10 Å². The summed E-state index contributed by atoms with van der Waals surface area (Å²) in [4.78, 5) is 11.9. The summed E-state index contributed by atoms with van der Waals surface area (Å²) in [5.74, 6) is -0.101. The number of carbonyl (C=O) groups excluding carboxylic acids is 1. The number of aromatic nitrogens is 2. The minimum atomic E-state index is -0.248. The van der Waals surface area contributed by atoms with E-state index in [9.17, 15) is 4.79 Å². The number of aryl methyl sites for hydroxylation is 2. The Bertz CT molecular complexity index is 623. The molecule has 2 rings (SSSR count). The first-order valence-electron chi connectivity index (χ1n) is 7.40. The zero-order valence-corrected chi connectivity index (χ0v) is 14.6. The van der Waals surface area contributed by atoms with Gasteiger partial charge in [-0.3, -0.25) is 9.48 Å². The second kappa shape index (κ2) is 8.81. The van der Waals surface area contributed by atoms with E-state index in [0.717, 1.165) is 23.1 Å². The Hall–Kier alpha value is -1.70. The highest BCUT2D eigenvalue weighted by molar-refractivity contribution is 9.10. The highest BCUT2D eigenvalue weighted by Crippen LogP contribution is 2.12. The molecule has 1 aromatic heterocycles. The monoisotopic (exact) mass is 380 g/mol. The van der Waals surface area contributed by atoms with E-state index < -0.39 is 0 Å². The van der Waals surface area contributed by atoms with Crippen molar-refractivity contribution >= 4 is 27.5 Å². The first-order valence-corrected chi connectivity index (χ1v) is 8.19. The van der Waals surface area contributed by atoms with Crippen LogP contribution in [0.3, 0.4) is 0 Å². The lowest BCUT2D eigenvalue weighted by Gasteiger charge is -2.12. The number of methoxy groups -OCH3 is 1. The number of nitrogens with zero attached hydrogens (tertiary/aromatic N) is 2. The number of rotatable bonds is 8. The van der Waals surface area contributed by atoms with Crippen LogP contribution in [0.5, 0.6) is 0 Å². The van der Waals surface area contributed by atoms with E-state index in [2.05, 4.69) is 26.3 Å². The Kier molecular flexibility index (Phi) is 6.76. The third-order valence-electron chi connectivity index (χ3n) is 3.48. The summed E-state index contributed by atoms with van der Waals surface area (Å²) >= 11 is 3.38. The number of hydrogen-bond donors (Lipinski definition) is 2. The molecule has 124 valence electrons.